The van der Waals surface area contributed by atoms with Gasteiger partial charge in [0.15, 0.2) is 0 Å². The van der Waals surface area contributed by atoms with Crippen LogP contribution in [0.5, 0.6) is 0 Å². The van der Waals surface area contributed by atoms with Crippen LogP contribution in [0.15, 0.2) is 0 Å². The molecule has 0 aromatic heterocycles. The highest BCUT2D eigenvalue weighted by Crippen LogP contribution is 2.10. The molecule has 0 heterocycles. The molecule has 15 heavy (non-hydrogen) atoms. The van der Waals surface area contributed by atoms with Crippen LogP contribution < -0.4 is 0 Å². The van der Waals surface area contributed by atoms with Crippen molar-refractivity contribution >= 4 is 17.7 Å². The van der Waals surface area contributed by atoms with Crippen molar-refractivity contribution in [1.82, 2.24) is 0 Å². The summed E-state index contributed by atoms with van der Waals surface area (Å²) in [6.45, 7) is 4.88. The number of carbonyl (C=O) groups excluding carboxylic acids is 1. The van der Waals surface area contributed by atoms with Gasteiger partial charge in [-0.15, -0.1) is 0 Å². The third-order valence-electron chi connectivity index (χ3n) is 1.77. The zero-order valence-corrected chi connectivity index (χ0v) is 9.32. The molecule has 0 unspecified atom stereocenters. The Bertz CT molecular complexity index is 214. The van der Waals surface area contributed by atoms with Gasteiger partial charge in [0.1, 0.15) is 12.2 Å². The molecule has 0 radical (unpaired) electrons. The Kier molecular flexibility index (Phi) is 9.82. The van der Waals surface area contributed by atoms with Crippen molar-refractivity contribution in [2.24, 2.45) is 5.92 Å². The third kappa shape index (κ3) is 12.6. The van der Waals surface area contributed by atoms with Crippen LogP contribution in [0.1, 0.15) is 40.0 Å². The van der Waals surface area contributed by atoms with Crippen LogP contribution in [0.25, 0.3) is 0 Å². The lowest BCUT2D eigenvalue weighted by atomic mass is 9.96. The van der Waals surface area contributed by atoms with Gasteiger partial charge in [-0.2, -0.15) is 0 Å². The molecule has 0 fully saturated rings. The van der Waals surface area contributed by atoms with Gasteiger partial charge in [0.05, 0.1) is 0 Å². The predicted molar refractivity (Wildman–Crippen MR) is 54.6 cm³/mol. The van der Waals surface area contributed by atoms with Crippen LogP contribution in [0, 0.1) is 5.92 Å². The molecule has 0 spiro atoms. The summed E-state index contributed by atoms with van der Waals surface area (Å²) in [5.74, 6) is -2.07. The quantitative estimate of drug-likeness (QED) is 0.683. The van der Waals surface area contributed by atoms with Crippen molar-refractivity contribution in [3.05, 3.63) is 0 Å². The van der Waals surface area contributed by atoms with E-state index in [0.717, 1.165) is 19.8 Å². The summed E-state index contributed by atoms with van der Waals surface area (Å²) in [4.78, 5) is 30.2. The van der Waals surface area contributed by atoms with Gasteiger partial charge in [0.2, 0.25) is 0 Å². The Labute approximate surface area is 89.1 Å². The number of aliphatic carboxylic acids is 2. The first-order valence-corrected chi connectivity index (χ1v) is 4.79. The Morgan fingerprint density at radius 3 is 1.60 bits per heavy atom. The molecule has 0 bridgehead atoms. The summed E-state index contributed by atoms with van der Waals surface area (Å²) in [7, 11) is 0. The zero-order chi connectivity index (χ0) is 12.4. The number of rotatable bonds is 5. The SMILES string of the molecule is CC(=O)O.CCC(CC)C(=O)CC(=O)O. The van der Waals surface area contributed by atoms with Crippen molar-refractivity contribution in [3.63, 3.8) is 0 Å². The molecule has 0 rings (SSSR count). The Hall–Kier alpha value is -1.39. The number of ketones is 1. The van der Waals surface area contributed by atoms with E-state index in [2.05, 4.69) is 0 Å². The largest absolute Gasteiger partial charge is 0.481 e. The Morgan fingerprint density at radius 1 is 1.07 bits per heavy atom. The van der Waals surface area contributed by atoms with E-state index < -0.39 is 11.9 Å². The highest BCUT2D eigenvalue weighted by Gasteiger charge is 2.16. The summed E-state index contributed by atoms with van der Waals surface area (Å²) in [5.41, 5.74) is 0. The molecule has 0 aliphatic rings. The molecule has 0 amide bonds. The molecule has 0 saturated carbocycles. The Balaban J connectivity index is 0. The normalized spacial score (nSPS) is 9.07. The van der Waals surface area contributed by atoms with Crippen LogP contribution in [0.3, 0.4) is 0 Å². The number of carbonyl (C=O) groups is 3. The van der Waals surface area contributed by atoms with Crippen molar-refractivity contribution < 1.29 is 24.6 Å². The molecule has 0 aromatic carbocycles. The summed E-state index contributed by atoms with van der Waals surface area (Å²) < 4.78 is 0. The molecule has 0 aliphatic carbocycles. The summed E-state index contributed by atoms with van der Waals surface area (Å²) in [5, 5.41) is 15.7. The molecule has 5 nitrogen and oxygen atoms in total. The maximum absolute atomic E-state index is 11.0. The fourth-order valence-corrected chi connectivity index (χ4v) is 1.04. The number of hydrogen-bond donors (Lipinski definition) is 2. The number of Topliss-reactive ketones (excluding diaryl/α,β-unsaturated/α-hetero) is 1. The second-order valence-electron chi connectivity index (χ2n) is 3.07. The van der Waals surface area contributed by atoms with Gasteiger partial charge >= 0.3 is 5.97 Å². The molecule has 0 saturated heterocycles. The zero-order valence-electron chi connectivity index (χ0n) is 9.32. The molecule has 2 N–H and O–H groups in total. The summed E-state index contributed by atoms with van der Waals surface area (Å²) in [6, 6.07) is 0. The minimum atomic E-state index is -1.03. The minimum Gasteiger partial charge on any atom is -0.481 e. The molecule has 0 aromatic rings. The topological polar surface area (TPSA) is 91.7 Å². The van der Waals surface area contributed by atoms with Crippen molar-refractivity contribution in [3.8, 4) is 0 Å². The first-order valence-electron chi connectivity index (χ1n) is 4.79. The van der Waals surface area contributed by atoms with E-state index in [4.69, 9.17) is 15.0 Å². The van der Waals surface area contributed by atoms with E-state index in [0.29, 0.717) is 0 Å². The maximum Gasteiger partial charge on any atom is 0.310 e. The minimum absolute atomic E-state index is 0.0638. The van der Waals surface area contributed by atoms with E-state index in [1.165, 1.54) is 0 Å². The smallest absolute Gasteiger partial charge is 0.310 e. The fraction of sp³-hybridized carbons (Fsp3) is 0.700. The second kappa shape index (κ2) is 9.18. The van der Waals surface area contributed by atoms with E-state index >= 15 is 0 Å². The Morgan fingerprint density at radius 2 is 1.40 bits per heavy atom. The van der Waals surface area contributed by atoms with E-state index in [1.54, 1.807) is 0 Å². The van der Waals surface area contributed by atoms with Crippen molar-refractivity contribution in [1.29, 1.82) is 0 Å². The van der Waals surface area contributed by atoms with Crippen LogP contribution in [-0.2, 0) is 14.4 Å². The van der Waals surface area contributed by atoms with Gasteiger partial charge in [0.25, 0.3) is 5.97 Å². The first-order chi connectivity index (χ1) is 6.84. The van der Waals surface area contributed by atoms with Crippen LogP contribution in [0.2, 0.25) is 0 Å². The van der Waals surface area contributed by atoms with Gasteiger partial charge < -0.3 is 10.2 Å². The average Bonchev–Trinajstić information content (AvgIpc) is 2.03. The monoisotopic (exact) mass is 218 g/mol. The fourth-order valence-electron chi connectivity index (χ4n) is 1.04. The molecule has 5 heteroatoms. The van der Waals surface area contributed by atoms with Gasteiger partial charge in [-0.25, -0.2) is 0 Å². The van der Waals surface area contributed by atoms with Crippen molar-refractivity contribution in [2.45, 2.75) is 40.0 Å². The number of carboxylic acids is 2. The van der Waals surface area contributed by atoms with Gasteiger partial charge in [0, 0.05) is 12.8 Å². The maximum atomic E-state index is 11.0. The molecular weight excluding hydrogens is 200 g/mol. The average molecular weight is 218 g/mol. The number of hydrogen-bond acceptors (Lipinski definition) is 3. The lowest BCUT2D eigenvalue weighted by Crippen LogP contribution is -2.16. The number of carboxylic acid groups (broad SMARTS) is 2. The van der Waals surface area contributed by atoms with Crippen molar-refractivity contribution in [2.75, 3.05) is 0 Å². The highest BCUT2D eigenvalue weighted by molar-refractivity contribution is 5.95. The molecule has 0 atom stereocenters. The van der Waals surface area contributed by atoms with E-state index in [-0.39, 0.29) is 18.1 Å². The van der Waals surface area contributed by atoms with Gasteiger partial charge in [-0.3, -0.25) is 14.4 Å². The van der Waals surface area contributed by atoms with Crippen LogP contribution in [-0.4, -0.2) is 27.9 Å². The standard InChI is InChI=1S/C8H14O3.C2H4O2/c1-3-6(4-2)7(9)5-8(10)11;1-2(3)4/h6H,3-5H2,1-2H3,(H,10,11);1H3,(H,3,4). The van der Waals surface area contributed by atoms with E-state index in [1.807, 2.05) is 13.8 Å². The highest BCUT2D eigenvalue weighted by atomic mass is 16.4. The summed E-state index contributed by atoms with van der Waals surface area (Å²) in [6.07, 6.45) is 1.15. The van der Waals surface area contributed by atoms with Crippen LogP contribution >= 0.6 is 0 Å². The van der Waals surface area contributed by atoms with Gasteiger partial charge in [-0.05, 0) is 12.8 Å². The van der Waals surface area contributed by atoms with E-state index in [9.17, 15) is 9.59 Å². The first kappa shape index (κ1) is 16.1. The van der Waals surface area contributed by atoms with Gasteiger partial charge in [-0.1, -0.05) is 13.8 Å². The lowest BCUT2D eigenvalue weighted by Gasteiger charge is -2.07. The third-order valence-corrected chi connectivity index (χ3v) is 1.77. The summed E-state index contributed by atoms with van der Waals surface area (Å²) >= 11 is 0. The molecule has 88 valence electrons. The molecular formula is C10H18O5. The second-order valence-corrected chi connectivity index (χ2v) is 3.07. The lowest BCUT2D eigenvalue weighted by molar-refractivity contribution is -0.141. The predicted octanol–water partition coefficient (Wildman–Crippen LogP) is 1.56. The van der Waals surface area contributed by atoms with Crippen LogP contribution in [0.4, 0.5) is 0 Å². The molecule has 0 aliphatic heterocycles.